The van der Waals surface area contributed by atoms with Crippen LogP contribution in [0.4, 0.5) is 4.39 Å². The molecule has 0 bridgehead atoms. The molecule has 0 saturated heterocycles. The van der Waals surface area contributed by atoms with Crippen LogP contribution in [0.25, 0.3) is 0 Å². The van der Waals surface area contributed by atoms with Gasteiger partial charge in [0.15, 0.2) is 0 Å². The lowest BCUT2D eigenvalue weighted by Crippen LogP contribution is -2.40. The summed E-state index contributed by atoms with van der Waals surface area (Å²) in [7, 11) is 0. The average Bonchev–Trinajstić information content (AvgIpc) is 2.17. The monoisotopic (exact) mass is 213 g/mol. The van der Waals surface area contributed by atoms with Gasteiger partial charge in [0.2, 0.25) is 0 Å². The van der Waals surface area contributed by atoms with Crippen molar-refractivity contribution in [1.82, 2.24) is 0 Å². The predicted molar refractivity (Wildman–Crippen MR) is 55.8 cm³/mol. The SMILES string of the molecule is NC1CCC1Cc1ccc(F)c(Cl)c1. The van der Waals surface area contributed by atoms with E-state index >= 15 is 0 Å². The highest BCUT2D eigenvalue weighted by molar-refractivity contribution is 6.30. The zero-order chi connectivity index (χ0) is 10.1. The van der Waals surface area contributed by atoms with Crippen molar-refractivity contribution in [3.63, 3.8) is 0 Å². The molecule has 0 aromatic heterocycles. The van der Waals surface area contributed by atoms with E-state index < -0.39 is 0 Å². The van der Waals surface area contributed by atoms with Crippen molar-refractivity contribution in [2.45, 2.75) is 25.3 Å². The van der Waals surface area contributed by atoms with Crippen molar-refractivity contribution in [1.29, 1.82) is 0 Å². The molecule has 1 aromatic rings. The topological polar surface area (TPSA) is 26.0 Å². The van der Waals surface area contributed by atoms with E-state index in [-0.39, 0.29) is 10.8 Å². The van der Waals surface area contributed by atoms with Crippen molar-refractivity contribution in [2.75, 3.05) is 0 Å². The lowest BCUT2D eigenvalue weighted by Gasteiger charge is -2.33. The largest absolute Gasteiger partial charge is 0.327 e. The van der Waals surface area contributed by atoms with Gasteiger partial charge >= 0.3 is 0 Å². The predicted octanol–water partition coefficient (Wildman–Crippen LogP) is 2.76. The highest BCUT2D eigenvalue weighted by atomic mass is 35.5. The number of hydrogen-bond donors (Lipinski definition) is 1. The average molecular weight is 214 g/mol. The van der Waals surface area contributed by atoms with E-state index in [0.717, 1.165) is 18.4 Å². The molecule has 0 amide bonds. The van der Waals surface area contributed by atoms with Gasteiger partial charge in [0.25, 0.3) is 0 Å². The Morgan fingerprint density at radius 2 is 2.21 bits per heavy atom. The van der Waals surface area contributed by atoms with Crippen LogP contribution in [0.15, 0.2) is 18.2 Å². The van der Waals surface area contributed by atoms with Crippen LogP contribution in [-0.4, -0.2) is 6.04 Å². The summed E-state index contributed by atoms with van der Waals surface area (Å²) >= 11 is 5.69. The lowest BCUT2D eigenvalue weighted by molar-refractivity contribution is 0.256. The third-order valence-electron chi connectivity index (χ3n) is 2.96. The van der Waals surface area contributed by atoms with Gasteiger partial charge < -0.3 is 5.73 Å². The zero-order valence-corrected chi connectivity index (χ0v) is 8.60. The van der Waals surface area contributed by atoms with E-state index in [2.05, 4.69) is 0 Å². The van der Waals surface area contributed by atoms with E-state index in [0.29, 0.717) is 12.0 Å². The van der Waals surface area contributed by atoms with Gasteiger partial charge in [-0.25, -0.2) is 4.39 Å². The normalized spacial score (nSPS) is 25.9. The van der Waals surface area contributed by atoms with Crippen molar-refractivity contribution in [2.24, 2.45) is 11.7 Å². The van der Waals surface area contributed by atoms with Gasteiger partial charge in [0.1, 0.15) is 5.82 Å². The van der Waals surface area contributed by atoms with Crippen LogP contribution < -0.4 is 5.73 Å². The highest BCUT2D eigenvalue weighted by Gasteiger charge is 2.27. The van der Waals surface area contributed by atoms with Gasteiger partial charge in [-0.1, -0.05) is 17.7 Å². The Hall–Kier alpha value is -0.600. The first-order valence-electron chi connectivity index (χ1n) is 4.86. The quantitative estimate of drug-likeness (QED) is 0.803. The number of nitrogens with two attached hydrogens (primary N) is 1. The summed E-state index contributed by atoms with van der Waals surface area (Å²) in [5, 5.41) is 0.204. The summed E-state index contributed by atoms with van der Waals surface area (Å²) in [6.07, 6.45) is 3.21. The summed E-state index contributed by atoms with van der Waals surface area (Å²) < 4.78 is 12.9. The summed E-state index contributed by atoms with van der Waals surface area (Å²) in [5.74, 6) is 0.199. The van der Waals surface area contributed by atoms with Crippen molar-refractivity contribution >= 4 is 11.6 Å². The summed E-state index contributed by atoms with van der Waals surface area (Å²) in [5.41, 5.74) is 6.91. The molecular weight excluding hydrogens is 201 g/mol. The molecule has 1 aromatic carbocycles. The van der Waals surface area contributed by atoms with Crippen molar-refractivity contribution in [3.05, 3.63) is 34.6 Å². The number of benzene rings is 1. The third-order valence-corrected chi connectivity index (χ3v) is 3.25. The molecule has 1 fully saturated rings. The van der Waals surface area contributed by atoms with Gasteiger partial charge in [0.05, 0.1) is 5.02 Å². The Morgan fingerprint density at radius 1 is 1.43 bits per heavy atom. The third kappa shape index (κ3) is 1.91. The molecule has 2 rings (SSSR count). The van der Waals surface area contributed by atoms with Gasteiger partial charge in [-0.3, -0.25) is 0 Å². The Morgan fingerprint density at radius 3 is 2.71 bits per heavy atom. The first-order chi connectivity index (χ1) is 6.66. The Balaban J connectivity index is 2.06. The van der Waals surface area contributed by atoms with Crippen LogP contribution >= 0.6 is 11.6 Å². The van der Waals surface area contributed by atoms with Gasteiger partial charge in [-0.2, -0.15) is 0 Å². The first kappa shape index (κ1) is 9.94. The Kier molecular flexibility index (Phi) is 2.75. The molecule has 76 valence electrons. The molecule has 2 unspecified atom stereocenters. The molecule has 0 radical (unpaired) electrons. The molecule has 3 heteroatoms. The fourth-order valence-corrected chi connectivity index (χ4v) is 2.02. The van der Waals surface area contributed by atoms with Crippen molar-refractivity contribution < 1.29 is 4.39 Å². The number of hydrogen-bond acceptors (Lipinski definition) is 1. The molecule has 0 spiro atoms. The standard InChI is InChI=1S/C11H13ClFN/c12-9-6-7(1-3-10(9)13)5-8-2-4-11(8)14/h1,3,6,8,11H,2,4-5,14H2. The fraction of sp³-hybridized carbons (Fsp3) is 0.455. The summed E-state index contributed by atoms with van der Waals surface area (Å²) in [6.45, 7) is 0. The molecule has 1 aliphatic carbocycles. The molecule has 0 aliphatic heterocycles. The second kappa shape index (κ2) is 3.87. The second-order valence-corrected chi connectivity index (χ2v) is 4.36. The maximum Gasteiger partial charge on any atom is 0.141 e. The maximum atomic E-state index is 12.9. The molecule has 1 saturated carbocycles. The molecule has 2 atom stereocenters. The molecule has 14 heavy (non-hydrogen) atoms. The highest BCUT2D eigenvalue weighted by Crippen LogP contribution is 2.29. The van der Waals surface area contributed by atoms with Gasteiger partial charge in [0, 0.05) is 6.04 Å². The van der Waals surface area contributed by atoms with E-state index in [4.69, 9.17) is 17.3 Å². The van der Waals surface area contributed by atoms with Crippen LogP contribution in [-0.2, 0) is 6.42 Å². The molecule has 0 heterocycles. The van der Waals surface area contributed by atoms with Gasteiger partial charge in [-0.05, 0) is 42.9 Å². The molecular formula is C11H13ClFN. The minimum atomic E-state index is -0.353. The van der Waals surface area contributed by atoms with Crippen LogP contribution in [0, 0.1) is 11.7 Å². The minimum Gasteiger partial charge on any atom is -0.327 e. The van der Waals surface area contributed by atoms with Crippen LogP contribution in [0.1, 0.15) is 18.4 Å². The Bertz CT molecular complexity index is 340. The number of halogens is 2. The first-order valence-corrected chi connectivity index (χ1v) is 5.24. The fourth-order valence-electron chi connectivity index (χ4n) is 1.82. The van der Waals surface area contributed by atoms with Gasteiger partial charge in [-0.15, -0.1) is 0 Å². The maximum absolute atomic E-state index is 12.9. The van der Waals surface area contributed by atoms with E-state index in [1.807, 2.05) is 0 Å². The Labute approximate surface area is 88.1 Å². The molecule has 2 N–H and O–H groups in total. The van der Waals surface area contributed by atoms with Crippen LogP contribution in [0.2, 0.25) is 5.02 Å². The lowest BCUT2D eigenvalue weighted by atomic mass is 9.76. The van der Waals surface area contributed by atoms with Crippen molar-refractivity contribution in [3.8, 4) is 0 Å². The number of rotatable bonds is 2. The smallest absolute Gasteiger partial charge is 0.141 e. The molecule has 1 aliphatic rings. The second-order valence-electron chi connectivity index (χ2n) is 3.95. The molecule has 1 nitrogen and oxygen atoms in total. The summed E-state index contributed by atoms with van der Waals surface area (Å²) in [4.78, 5) is 0. The van der Waals surface area contributed by atoms with E-state index in [9.17, 15) is 4.39 Å². The van der Waals surface area contributed by atoms with Crippen LogP contribution in [0.3, 0.4) is 0 Å². The van der Waals surface area contributed by atoms with E-state index in [1.165, 1.54) is 12.5 Å². The summed E-state index contributed by atoms with van der Waals surface area (Å²) in [6, 6.07) is 5.22. The minimum absolute atomic E-state index is 0.204. The van der Waals surface area contributed by atoms with E-state index in [1.54, 1.807) is 12.1 Å². The zero-order valence-electron chi connectivity index (χ0n) is 7.84. The van der Waals surface area contributed by atoms with Crippen LogP contribution in [0.5, 0.6) is 0 Å².